The van der Waals surface area contributed by atoms with E-state index >= 15 is 0 Å². The van der Waals surface area contributed by atoms with Gasteiger partial charge in [-0.3, -0.25) is 4.90 Å². The van der Waals surface area contributed by atoms with E-state index in [-0.39, 0.29) is 0 Å². The van der Waals surface area contributed by atoms with Crippen LogP contribution in [-0.2, 0) is 6.42 Å². The lowest BCUT2D eigenvalue weighted by Gasteiger charge is -2.40. The largest absolute Gasteiger partial charge is 0.383 e. The van der Waals surface area contributed by atoms with E-state index in [4.69, 9.17) is 0 Å². The molecule has 0 saturated carbocycles. The maximum atomic E-state index is 3.68. The predicted molar refractivity (Wildman–Crippen MR) is 81.7 cm³/mol. The molecule has 19 heavy (non-hydrogen) atoms. The minimum Gasteiger partial charge on any atom is -0.383 e. The first kappa shape index (κ1) is 13.0. The quantitative estimate of drug-likeness (QED) is 0.870. The van der Waals surface area contributed by atoms with Crippen molar-refractivity contribution in [1.29, 1.82) is 0 Å². The zero-order valence-electron chi connectivity index (χ0n) is 12.1. The van der Waals surface area contributed by atoms with Crippen molar-refractivity contribution >= 4 is 5.69 Å². The lowest BCUT2D eigenvalue weighted by molar-refractivity contribution is 0.0933. The zero-order chi connectivity index (χ0) is 13.1. The number of hydrogen-bond acceptors (Lipinski definition) is 2. The number of benzene rings is 1. The van der Waals surface area contributed by atoms with Gasteiger partial charge in [-0.05, 0) is 50.3 Å². The summed E-state index contributed by atoms with van der Waals surface area (Å²) in [7, 11) is 0. The van der Waals surface area contributed by atoms with Crippen LogP contribution in [0.15, 0.2) is 24.3 Å². The summed E-state index contributed by atoms with van der Waals surface area (Å²) in [4.78, 5) is 2.79. The predicted octanol–water partition coefficient (Wildman–Crippen LogP) is 3.68. The molecule has 3 rings (SSSR count). The van der Waals surface area contributed by atoms with E-state index in [9.17, 15) is 0 Å². The summed E-state index contributed by atoms with van der Waals surface area (Å²) in [5, 5.41) is 3.68. The number of fused-ring (bicyclic) bond motifs is 1. The van der Waals surface area contributed by atoms with Gasteiger partial charge >= 0.3 is 0 Å². The molecule has 1 saturated heterocycles. The van der Waals surface area contributed by atoms with Gasteiger partial charge in [-0.1, -0.05) is 31.5 Å². The van der Waals surface area contributed by atoms with Gasteiger partial charge in [-0.2, -0.15) is 0 Å². The molecule has 1 aromatic rings. The Kier molecular flexibility index (Phi) is 4.07. The third-order valence-electron chi connectivity index (χ3n) is 4.91. The SMILES string of the molecule is CCC1CCCCN1C1CCc2ccccc2NC1. The van der Waals surface area contributed by atoms with Gasteiger partial charge in [0.2, 0.25) is 0 Å². The van der Waals surface area contributed by atoms with Crippen molar-refractivity contribution in [3.63, 3.8) is 0 Å². The average Bonchev–Trinajstić information content (AvgIpc) is 2.70. The summed E-state index contributed by atoms with van der Waals surface area (Å²) >= 11 is 0. The fourth-order valence-electron chi connectivity index (χ4n) is 3.79. The molecule has 104 valence electrons. The third-order valence-corrected chi connectivity index (χ3v) is 4.91. The van der Waals surface area contributed by atoms with Crippen molar-refractivity contribution in [2.45, 2.75) is 57.5 Å². The summed E-state index contributed by atoms with van der Waals surface area (Å²) in [6.07, 6.45) is 8.06. The molecular weight excluding hydrogens is 232 g/mol. The molecule has 2 aliphatic rings. The van der Waals surface area contributed by atoms with Gasteiger partial charge < -0.3 is 5.32 Å². The van der Waals surface area contributed by atoms with E-state index in [0.29, 0.717) is 0 Å². The molecular formula is C17H26N2. The van der Waals surface area contributed by atoms with Crippen LogP contribution in [0.1, 0.15) is 44.6 Å². The van der Waals surface area contributed by atoms with E-state index in [1.807, 2.05) is 0 Å². The highest BCUT2D eigenvalue weighted by Gasteiger charge is 2.28. The molecule has 1 fully saturated rings. The molecule has 0 amide bonds. The first-order chi connectivity index (χ1) is 9.38. The number of para-hydroxylation sites is 1. The molecule has 2 aliphatic heterocycles. The molecule has 2 heterocycles. The standard InChI is InChI=1S/C17H26N2/c1-2-15-8-5-6-12-19(15)16-11-10-14-7-3-4-9-17(14)18-13-16/h3-4,7,9,15-16,18H,2,5-6,8,10-13H2,1H3. The Balaban J connectivity index is 1.70. The summed E-state index contributed by atoms with van der Waals surface area (Å²) < 4.78 is 0. The van der Waals surface area contributed by atoms with Crippen LogP contribution >= 0.6 is 0 Å². The van der Waals surface area contributed by atoms with Crippen molar-refractivity contribution in [1.82, 2.24) is 4.90 Å². The van der Waals surface area contributed by atoms with E-state index in [1.54, 1.807) is 0 Å². The van der Waals surface area contributed by atoms with Gasteiger partial charge in [-0.15, -0.1) is 0 Å². The number of piperidine rings is 1. The van der Waals surface area contributed by atoms with Crippen molar-refractivity contribution in [3.8, 4) is 0 Å². The molecule has 0 aromatic heterocycles. The number of rotatable bonds is 2. The highest BCUT2D eigenvalue weighted by Crippen LogP contribution is 2.27. The average molecular weight is 258 g/mol. The van der Waals surface area contributed by atoms with Gasteiger partial charge in [0, 0.05) is 24.3 Å². The number of likely N-dealkylation sites (tertiary alicyclic amines) is 1. The summed E-state index contributed by atoms with van der Waals surface area (Å²) in [5.41, 5.74) is 2.85. The van der Waals surface area contributed by atoms with E-state index < -0.39 is 0 Å². The molecule has 0 bridgehead atoms. The van der Waals surface area contributed by atoms with E-state index in [2.05, 4.69) is 41.4 Å². The first-order valence-corrected chi connectivity index (χ1v) is 7.96. The summed E-state index contributed by atoms with van der Waals surface area (Å²) in [6.45, 7) is 4.77. The van der Waals surface area contributed by atoms with Crippen LogP contribution in [0.3, 0.4) is 0 Å². The second-order valence-corrected chi connectivity index (χ2v) is 6.03. The Morgan fingerprint density at radius 2 is 2.11 bits per heavy atom. The van der Waals surface area contributed by atoms with Crippen LogP contribution in [0.25, 0.3) is 0 Å². The molecule has 0 spiro atoms. The molecule has 2 heteroatoms. The van der Waals surface area contributed by atoms with Crippen molar-refractivity contribution in [2.75, 3.05) is 18.4 Å². The molecule has 0 aliphatic carbocycles. The van der Waals surface area contributed by atoms with Gasteiger partial charge in [0.25, 0.3) is 0 Å². The number of hydrogen-bond donors (Lipinski definition) is 1. The van der Waals surface area contributed by atoms with Gasteiger partial charge in [-0.25, -0.2) is 0 Å². The van der Waals surface area contributed by atoms with E-state index in [1.165, 1.54) is 56.3 Å². The van der Waals surface area contributed by atoms with Crippen LogP contribution in [0.2, 0.25) is 0 Å². The Morgan fingerprint density at radius 1 is 1.21 bits per heavy atom. The number of nitrogens with zero attached hydrogens (tertiary/aromatic N) is 1. The fourth-order valence-corrected chi connectivity index (χ4v) is 3.79. The summed E-state index contributed by atoms with van der Waals surface area (Å²) in [6, 6.07) is 10.3. The van der Waals surface area contributed by atoms with E-state index in [0.717, 1.165) is 18.6 Å². The smallest absolute Gasteiger partial charge is 0.0373 e. The van der Waals surface area contributed by atoms with Crippen LogP contribution in [0.5, 0.6) is 0 Å². The molecule has 2 atom stereocenters. The molecule has 1 aromatic carbocycles. The zero-order valence-corrected chi connectivity index (χ0v) is 12.1. The van der Waals surface area contributed by atoms with Gasteiger partial charge in [0.15, 0.2) is 0 Å². The Morgan fingerprint density at radius 3 is 3.00 bits per heavy atom. The maximum absolute atomic E-state index is 3.68. The fraction of sp³-hybridized carbons (Fsp3) is 0.647. The topological polar surface area (TPSA) is 15.3 Å². The lowest BCUT2D eigenvalue weighted by atomic mass is 9.96. The lowest BCUT2D eigenvalue weighted by Crippen LogP contribution is -2.48. The second-order valence-electron chi connectivity index (χ2n) is 6.03. The first-order valence-electron chi connectivity index (χ1n) is 7.96. The molecule has 2 unspecified atom stereocenters. The second kappa shape index (κ2) is 5.96. The third kappa shape index (κ3) is 2.79. The highest BCUT2D eigenvalue weighted by atomic mass is 15.2. The van der Waals surface area contributed by atoms with Gasteiger partial charge in [0.1, 0.15) is 0 Å². The normalized spacial score (nSPS) is 28.3. The summed E-state index contributed by atoms with van der Waals surface area (Å²) in [5.74, 6) is 0. The number of nitrogens with one attached hydrogen (secondary N) is 1. The highest BCUT2D eigenvalue weighted by molar-refractivity contribution is 5.52. The molecule has 1 N–H and O–H groups in total. The van der Waals surface area contributed by atoms with Crippen LogP contribution < -0.4 is 5.32 Å². The van der Waals surface area contributed by atoms with Crippen LogP contribution in [0, 0.1) is 0 Å². The monoisotopic (exact) mass is 258 g/mol. The van der Waals surface area contributed by atoms with Crippen molar-refractivity contribution in [2.24, 2.45) is 0 Å². The van der Waals surface area contributed by atoms with Crippen molar-refractivity contribution < 1.29 is 0 Å². The minimum atomic E-state index is 0.720. The maximum Gasteiger partial charge on any atom is 0.0373 e. The molecule has 0 radical (unpaired) electrons. The Bertz CT molecular complexity index is 388. The van der Waals surface area contributed by atoms with Crippen LogP contribution in [0.4, 0.5) is 5.69 Å². The molecule has 2 nitrogen and oxygen atoms in total. The van der Waals surface area contributed by atoms with Crippen molar-refractivity contribution in [3.05, 3.63) is 29.8 Å². The minimum absolute atomic E-state index is 0.720. The number of aryl methyl sites for hydroxylation is 1. The van der Waals surface area contributed by atoms with Crippen LogP contribution in [-0.4, -0.2) is 30.1 Å². The van der Waals surface area contributed by atoms with Gasteiger partial charge in [0.05, 0.1) is 0 Å². The Labute approximate surface area is 117 Å². The number of anilines is 1. The Hall–Kier alpha value is -1.02.